The van der Waals surface area contributed by atoms with E-state index in [2.05, 4.69) is 19.2 Å². The molecule has 96 valence electrons. The number of aromatic nitrogens is 2. The van der Waals surface area contributed by atoms with Crippen LogP contribution in [0.1, 0.15) is 45.6 Å². The van der Waals surface area contributed by atoms with Gasteiger partial charge in [0.15, 0.2) is 0 Å². The lowest BCUT2D eigenvalue weighted by atomic mass is 10.1. The van der Waals surface area contributed by atoms with Gasteiger partial charge in [0.1, 0.15) is 0 Å². The van der Waals surface area contributed by atoms with Crippen molar-refractivity contribution in [2.75, 3.05) is 6.54 Å². The molecule has 1 aromatic heterocycles. The summed E-state index contributed by atoms with van der Waals surface area (Å²) in [5.41, 5.74) is 0.159. The Morgan fingerprint density at radius 1 is 1.41 bits per heavy atom. The summed E-state index contributed by atoms with van der Waals surface area (Å²) < 4.78 is 3.73. The minimum Gasteiger partial charge on any atom is -0.312 e. The highest BCUT2D eigenvalue weighted by Crippen LogP contribution is 2.33. The van der Waals surface area contributed by atoms with E-state index in [1.807, 2.05) is 21.5 Å². The molecule has 0 aromatic carbocycles. The molecule has 1 aromatic rings. The number of likely N-dealkylation sites (N-methyl/N-ethyl adjacent to an activating group) is 1. The van der Waals surface area contributed by atoms with Crippen LogP contribution in [-0.4, -0.2) is 21.7 Å². The van der Waals surface area contributed by atoms with Crippen molar-refractivity contribution in [2.24, 2.45) is 0 Å². The second-order valence-electron chi connectivity index (χ2n) is 4.91. The molecule has 1 atom stereocenters. The number of nitrogens with zero attached hydrogens (tertiary/aromatic N) is 2. The molecule has 1 fully saturated rings. The van der Waals surface area contributed by atoms with Gasteiger partial charge in [0, 0.05) is 31.0 Å². The summed E-state index contributed by atoms with van der Waals surface area (Å²) >= 11 is 0. The fourth-order valence-electron chi connectivity index (χ4n) is 2.33. The Morgan fingerprint density at radius 3 is 2.76 bits per heavy atom. The first-order valence-electron chi connectivity index (χ1n) is 6.76. The third-order valence-corrected chi connectivity index (χ3v) is 3.36. The molecule has 1 aliphatic rings. The monoisotopic (exact) mass is 237 g/mol. The van der Waals surface area contributed by atoms with Gasteiger partial charge in [-0.05, 0) is 25.8 Å². The van der Waals surface area contributed by atoms with Crippen LogP contribution in [-0.2, 0) is 6.54 Å². The molecule has 0 amide bonds. The molecule has 0 spiro atoms. The standard InChI is InChI=1S/C13H23N3O/c1-3-5-11(14-4-2)10-15-8-9-16(13(15)17)12-6-7-12/h8-9,11-12,14H,3-7,10H2,1-2H3. The van der Waals surface area contributed by atoms with Crippen LogP contribution in [0.3, 0.4) is 0 Å². The summed E-state index contributed by atoms with van der Waals surface area (Å²) in [6, 6.07) is 0.894. The van der Waals surface area contributed by atoms with Crippen LogP contribution in [0.5, 0.6) is 0 Å². The summed E-state index contributed by atoms with van der Waals surface area (Å²) in [7, 11) is 0. The van der Waals surface area contributed by atoms with Gasteiger partial charge in [-0.3, -0.25) is 9.13 Å². The van der Waals surface area contributed by atoms with Gasteiger partial charge in [0.2, 0.25) is 0 Å². The van der Waals surface area contributed by atoms with E-state index in [9.17, 15) is 4.79 Å². The number of imidazole rings is 1. The van der Waals surface area contributed by atoms with Crippen LogP contribution in [0.15, 0.2) is 17.2 Å². The fourth-order valence-corrected chi connectivity index (χ4v) is 2.33. The van der Waals surface area contributed by atoms with Gasteiger partial charge in [-0.15, -0.1) is 0 Å². The zero-order chi connectivity index (χ0) is 12.3. The molecule has 4 nitrogen and oxygen atoms in total. The molecule has 1 N–H and O–H groups in total. The van der Waals surface area contributed by atoms with Crippen molar-refractivity contribution in [1.82, 2.24) is 14.5 Å². The first-order valence-corrected chi connectivity index (χ1v) is 6.76. The average molecular weight is 237 g/mol. The molecular weight excluding hydrogens is 214 g/mol. The van der Waals surface area contributed by atoms with Crippen LogP contribution in [0, 0.1) is 0 Å². The fraction of sp³-hybridized carbons (Fsp3) is 0.769. The first-order chi connectivity index (χ1) is 8.26. The van der Waals surface area contributed by atoms with E-state index in [4.69, 9.17) is 0 Å². The maximum atomic E-state index is 12.1. The topological polar surface area (TPSA) is 39.0 Å². The highest BCUT2D eigenvalue weighted by molar-refractivity contribution is 4.92. The van der Waals surface area contributed by atoms with E-state index in [-0.39, 0.29) is 5.69 Å². The Morgan fingerprint density at radius 2 is 2.18 bits per heavy atom. The molecule has 0 saturated heterocycles. The summed E-state index contributed by atoms with van der Waals surface area (Å²) in [4.78, 5) is 12.1. The highest BCUT2D eigenvalue weighted by atomic mass is 16.1. The second-order valence-corrected chi connectivity index (χ2v) is 4.91. The van der Waals surface area contributed by atoms with E-state index >= 15 is 0 Å². The quantitative estimate of drug-likeness (QED) is 0.785. The minimum atomic E-state index is 0.159. The average Bonchev–Trinajstić information content (AvgIpc) is 3.07. The molecule has 0 aliphatic heterocycles. The molecule has 1 unspecified atom stereocenters. The molecule has 2 rings (SSSR count). The lowest BCUT2D eigenvalue weighted by Gasteiger charge is -2.17. The third kappa shape index (κ3) is 3.00. The van der Waals surface area contributed by atoms with Crippen LogP contribution in [0.2, 0.25) is 0 Å². The van der Waals surface area contributed by atoms with E-state index in [1.54, 1.807) is 0 Å². The van der Waals surface area contributed by atoms with Gasteiger partial charge in [-0.1, -0.05) is 20.3 Å². The molecule has 1 heterocycles. The smallest absolute Gasteiger partial charge is 0.312 e. The largest absolute Gasteiger partial charge is 0.328 e. The van der Waals surface area contributed by atoms with Gasteiger partial charge in [-0.25, -0.2) is 4.79 Å². The Balaban J connectivity index is 2.03. The number of rotatable bonds is 7. The van der Waals surface area contributed by atoms with Crippen molar-refractivity contribution in [1.29, 1.82) is 0 Å². The van der Waals surface area contributed by atoms with Crippen molar-refractivity contribution in [2.45, 2.75) is 58.2 Å². The Kier molecular flexibility index (Phi) is 4.05. The predicted octanol–water partition coefficient (Wildman–Crippen LogP) is 1.76. The Labute approximate surface area is 103 Å². The van der Waals surface area contributed by atoms with E-state index < -0.39 is 0 Å². The highest BCUT2D eigenvalue weighted by Gasteiger charge is 2.25. The SMILES string of the molecule is CCCC(Cn1ccn(C2CC2)c1=O)NCC. The van der Waals surface area contributed by atoms with E-state index in [1.165, 1.54) is 0 Å². The molecule has 17 heavy (non-hydrogen) atoms. The van der Waals surface area contributed by atoms with Gasteiger partial charge >= 0.3 is 5.69 Å². The van der Waals surface area contributed by atoms with Gasteiger partial charge in [0.05, 0.1) is 0 Å². The van der Waals surface area contributed by atoms with Crippen LogP contribution in [0.4, 0.5) is 0 Å². The summed E-state index contributed by atoms with van der Waals surface area (Å²) in [6.07, 6.45) is 8.46. The number of hydrogen-bond acceptors (Lipinski definition) is 2. The molecular formula is C13H23N3O. The number of nitrogens with one attached hydrogen (secondary N) is 1. The zero-order valence-electron chi connectivity index (χ0n) is 10.9. The minimum absolute atomic E-state index is 0.159. The van der Waals surface area contributed by atoms with Crippen molar-refractivity contribution in [3.63, 3.8) is 0 Å². The van der Waals surface area contributed by atoms with Crippen molar-refractivity contribution in [3.8, 4) is 0 Å². The molecule has 1 aliphatic carbocycles. The molecule has 0 radical (unpaired) electrons. The molecule has 4 heteroatoms. The van der Waals surface area contributed by atoms with Crippen molar-refractivity contribution < 1.29 is 0 Å². The van der Waals surface area contributed by atoms with Crippen molar-refractivity contribution in [3.05, 3.63) is 22.9 Å². The Bertz CT molecular complexity index is 397. The lowest BCUT2D eigenvalue weighted by Crippen LogP contribution is -2.36. The summed E-state index contributed by atoms with van der Waals surface area (Å²) in [6.45, 7) is 6.05. The van der Waals surface area contributed by atoms with Gasteiger partial charge < -0.3 is 5.32 Å². The normalized spacial score (nSPS) is 17.3. The zero-order valence-corrected chi connectivity index (χ0v) is 10.9. The third-order valence-electron chi connectivity index (χ3n) is 3.36. The van der Waals surface area contributed by atoms with Gasteiger partial charge in [0.25, 0.3) is 0 Å². The molecule has 1 saturated carbocycles. The van der Waals surface area contributed by atoms with Crippen LogP contribution in [0.25, 0.3) is 0 Å². The number of hydrogen-bond donors (Lipinski definition) is 1. The first kappa shape index (κ1) is 12.4. The summed E-state index contributed by atoms with van der Waals surface area (Å²) in [5, 5.41) is 3.44. The van der Waals surface area contributed by atoms with Gasteiger partial charge in [-0.2, -0.15) is 0 Å². The maximum Gasteiger partial charge on any atom is 0.328 e. The van der Waals surface area contributed by atoms with Crippen molar-refractivity contribution >= 4 is 0 Å². The summed E-state index contributed by atoms with van der Waals surface area (Å²) in [5.74, 6) is 0. The lowest BCUT2D eigenvalue weighted by molar-refractivity contribution is 0.420. The predicted molar refractivity (Wildman–Crippen MR) is 69.3 cm³/mol. The molecule has 0 bridgehead atoms. The van der Waals surface area contributed by atoms with E-state index in [0.717, 1.165) is 38.8 Å². The second kappa shape index (κ2) is 5.54. The van der Waals surface area contributed by atoms with Crippen LogP contribution >= 0.6 is 0 Å². The maximum absolute atomic E-state index is 12.1. The van der Waals surface area contributed by atoms with Crippen LogP contribution < -0.4 is 11.0 Å². The van der Waals surface area contributed by atoms with E-state index in [0.29, 0.717) is 12.1 Å². The Hall–Kier alpha value is -1.03.